The molecule has 0 heterocycles. The van der Waals surface area contributed by atoms with Gasteiger partial charge in [-0.1, -0.05) is 24.3 Å². The van der Waals surface area contributed by atoms with E-state index < -0.39 is 49.1 Å². The summed E-state index contributed by atoms with van der Waals surface area (Å²) in [6, 6.07) is 2.76. The Morgan fingerprint density at radius 2 is 2.19 bits per heavy atom. The first-order valence-electron chi connectivity index (χ1n) is 11.3. The van der Waals surface area contributed by atoms with Gasteiger partial charge < -0.3 is 0 Å². The van der Waals surface area contributed by atoms with E-state index in [2.05, 4.69) is 0 Å². The number of allylic oxidation sites excluding steroid dienone is 1. The lowest BCUT2D eigenvalue weighted by Gasteiger charge is -2.54. The van der Waals surface area contributed by atoms with E-state index >= 15 is 0 Å². The van der Waals surface area contributed by atoms with E-state index in [9.17, 15) is 0 Å². The van der Waals surface area contributed by atoms with Crippen LogP contribution < -0.4 is 0 Å². The van der Waals surface area contributed by atoms with Gasteiger partial charge in [0.1, 0.15) is 0 Å². The van der Waals surface area contributed by atoms with Gasteiger partial charge in [0.2, 0.25) is 0 Å². The van der Waals surface area contributed by atoms with Gasteiger partial charge >= 0.3 is 0 Å². The normalized spacial score (nSPS) is 82.5. The van der Waals surface area contributed by atoms with Gasteiger partial charge in [-0.15, -0.1) is 0 Å². The monoisotopic (exact) mass is 220 g/mol. The zero-order valence-corrected chi connectivity index (χ0v) is 8.31. The molecule has 6 bridgehead atoms. The van der Waals surface area contributed by atoms with Crippen LogP contribution in [0.15, 0.2) is 18.2 Å². The molecule has 80 valence electrons. The van der Waals surface area contributed by atoms with Gasteiger partial charge in [0.05, 0.1) is 0 Å². The predicted octanol–water partition coefficient (Wildman–Crippen LogP) is 4.18. The quantitative estimate of drug-likeness (QED) is 0.615. The van der Waals surface area contributed by atoms with E-state index in [4.69, 9.17) is 16.4 Å². The first-order chi connectivity index (χ1) is 12.4. The fourth-order valence-electron chi connectivity index (χ4n) is 2.90. The summed E-state index contributed by atoms with van der Waals surface area (Å²) in [5.41, 5.74) is -0.434. The second-order valence-corrected chi connectivity index (χ2v) is 4.31. The molecule has 0 saturated heterocycles. The molecule has 1 aromatic rings. The molecule has 6 aliphatic carbocycles. The summed E-state index contributed by atoms with van der Waals surface area (Å²) >= 11 is 0. The molecule has 0 radical (unpaired) electrons. The van der Waals surface area contributed by atoms with Crippen molar-refractivity contribution in [3.05, 3.63) is 40.5 Å². The minimum atomic E-state index is -3.22. The van der Waals surface area contributed by atoms with Gasteiger partial charge in [0, 0.05) is 16.4 Å². The number of hydrogen-bond acceptors (Lipinski definition) is 0. The highest BCUT2D eigenvalue weighted by atomic mass is 14.5. The molecule has 0 amide bonds. The van der Waals surface area contributed by atoms with Crippen LogP contribution in [-0.2, 0) is 0 Å². The summed E-state index contributed by atoms with van der Waals surface area (Å²) in [5.74, 6) is -11.7. The average Bonchev–Trinajstić information content (AvgIpc) is 2.58. The fraction of sp³-hybridized carbons (Fsp3) is 0.500. The highest BCUT2D eigenvalue weighted by Gasteiger charge is 2.50. The Bertz CT molecular complexity index is 1010. The topological polar surface area (TPSA) is 0 Å². The summed E-state index contributed by atoms with van der Waals surface area (Å²) in [7, 11) is 0. The van der Waals surface area contributed by atoms with Crippen molar-refractivity contribution in [3.63, 3.8) is 0 Å². The van der Waals surface area contributed by atoms with Gasteiger partial charge in [-0.2, -0.15) is 0 Å². The van der Waals surface area contributed by atoms with Crippen LogP contribution in [-0.4, -0.2) is 0 Å². The van der Waals surface area contributed by atoms with Crippen molar-refractivity contribution in [1.29, 1.82) is 0 Å². The summed E-state index contributed by atoms with van der Waals surface area (Å²) < 4.78 is 104. The zero-order valence-electron chi connectivity index (χ0n) is 20.3. The largest absolute Gasteiger partial charge is 0.0833 e. The summed E-state index contributed by atoms with van der Waals surface area (Å²) in [5, 5.41) is 0. The zero-order chi connectivity index (χ0) is 21.1. The van der Waals surface area contributed by atoms with Crippen molar-refractivity contribution in [2.45, 2.75) is 43.2 Å². The lowest BCUT2D eigenvalue weighted by atomic mass is 9.50. The van der Waals surface area contributed by atoms with Crippen LogP contribution in [0.3, 0.4) is 0 Å². The van der Waals surface area contributed by atoms with Crippen LogP contribution in [0.2, 0.25) is 0 Å². The molecule has 0 nitrogen and oxygen atoms in total. The molecule has 6 aliphatic rings. The van der Waals surface area contributed by atoms with Crippen molar-refractivity contribution in [2.75, 3.05) is 0 Å². The van der Waals surface area contributed by atoms with Gasteiger partial charge in [0.15, 0.2) is 0 Å². The van der Waals surface area contributed by atoms with Crippen molar-refractivity contribution in [1.82, 2.24) is 0 Å². The van der Waals surface area contributed by atoms with E-state index in [-0.39, 0.29) is 22.3 Å². The van der Waals surface area contributed by atoms with E-state index in [1.165, 1.54) is 18.2 Å². The van der Waals surface area contributed by atoms with E-state index in [1.54, 1.807) is 0 Å². The minimum absolute atomic E-state index is 0.167. The highest BCUT2D eigenvalue weighted by molar-refractivity contribution is 5.66. The smallest absolute Gasteiger partial charge is 0.0359 e. The van der Waals surface area contributed by atoms with Crippen LogP contribution >= 0.6 is 0 Å². The molecule has 0 spiro atoms. The maximum absolute atomic E-state index is 9.13. The average molecular weight is 220 g/mol. The third-order valence-corrected chi connectivity index (χ3v) is 3.56. The molecule has 1 saturated carbocycles. The molecule has 4 atom stereocenters. The molecule has 1 aromatic carbocycles. The van der Waals surface area contributed by atoms with Gasteiger partial charge in [-0.25, -0.2) is 0 Å². The maximum Gasteiger partial charge on any atom is 0.0359 e. The van der Waals surface area contributed by atoms with Crippen LogP contribution in [0.25, 0.3) is 6.08 Å². The van der Waals surface area contributed by atoms with Crippen molar-refractivity contribution in [2.24, 2.45) is 5.89 Å². The summed E-state index contributed by atoms with van der Waals surface area (Å²) in [4.78, 5) is 0. The Morgan fingerprint density at radius 3 is 3.19 bits per heavy atom. The van der Waals surface area contributed by atoms with Crippen molar-refractivity contribution < 1.29 is 16.4 Å². The highest BCUT2D eigenvalue weighted by Crippen LogP contribution is 2.64. The number of hydrogen-bond donors (Lipinski definition) is 0. The van der Waals surface area contributed by atoms with E-state index in [0.29, 0.717) is 0 Å². The molecule has 0 heteroatoms. The van der Waals surface area contributed by atoms with Gasteiger partial charge in [0.25, 0.3) is 0 Å². The lowest BCUT2D eigenvalue weighted by molar-refractivity contribution is 0.186. The van der Waals surface area contributed by atoms with Crippen LogP contribution in [0.1, 0.15) is 81.9 Å². The molecule has 0 N–H and O–H groups in total. The standard InChI is InChI=1S/C16H16/c1-2-9-4-7-13-11-6-5-10-8-14(11)12(3-1)15(9)16(10)13/h1-2,4,7,10-12,14H,3,5-6,8H2/i3D2,5D2,6D2,8D2,10D,11D,12D,14D. The van der Waals surface area contributed by atoms with Crippen molar-refractivity contribution in [3.8, 4) is 0 Å². The Morgan fingerprint density at radius 1 is 1.19 bits per heavy atom. The Kier molecular flexibility index (Phi) is 0.465. The molecule has 16 heavy (non-hydrogen) atoms. The van der Waals surface area contributed by atoms with Crippen molar-refractivity contribution >= 4 is 6.08 Å². The summed E-state index contributed by atoms with van der Waals surface area (Å²) in [6.07, 6.45) is -9.87. The van der Waals surface area contributed by atoms with E-state index in [0.717, 1.165) is 6.08 Å². The molecule has 0 aliphatic heterocycles. The first-order valence-corrected chi connectivity index (χ1v) is 5.32. The predicted molar refractivity (Wildman–Crippen MR) is 65.7 cm³/mol. The number of benzene rings is 1. The Hall–Kier alpha value is -1.04. The molecule has 7 rings (SSSR count). The molecular formula is C16H16. The fourth-order valence-corrected chi connectivity index (χ4v) is 2.90. The molecule has 1 fully saturated rings. The van der Waals surface area contributed by atoms with Crippen LogP contribution in [0.5, 0.6) is 0 Å². The summed E-state index contributed by atoms with van der Waals surface area (Å²) in [6.45, 7) is 0. The Labute approximate surface area is 113 Å². The number of rotatable bonds is 0. The molecule has 0 aromatic heterocycles. The second kappa shape index (κ2) is 2.45. The van der Waals surface area contributed by atoms with Gasteiger partial charge in [-0.05, 0) is 71.3 Å². The third kappa shape index (κ3) is 0.714. The third-order valence-electron chi connectivity index (χ3n) is 3.56. The van der Waals surface area contributed by atoms with E-state index in [1.807, 2.05) is 0 Å². The SMILES string of the molecule is [2H]C1([2H])C=Cc2ccc3c4c2C1([2H])C1([2H])C([2H])([2H])C4([2H])C([2H])([2H])C([2H])([2H])C31[2H]. The number of fused-ring (bicyclic) bond motifs is 1. The minimum Gasteiger partial charge on any atom is -0.0833 e. The molecule has 4 unspecified atom stereocenters. The molecular weight excluding hydrogens is 192 g/mol. The van der Waals surface area contributed by atoms with Crippen LogP contribution in [0.4, 0.5) is 0 Å². The van der Waals surface area contributed by atoms with Gasteiger partial charge in [-0.3, -0.25) is 0 Å². The first kappa shape index (κ1) is 3.04. The van der Waals surface area contributed by atoms with Crippen LogP contribution in [0, 0.1) is 5.89 Å². The second-order valence-electron chi connectivity index (χ2n) is 4.31. The Balaban J connectivity index is 2.16. The maximum atomic E-state index is 9.13. The lowest BCUT2D eigenvalue weighted by Crippen LogP contribution is -2.40.